The van der Waals surface area contributed by atoms with Crippen LogP contribution in [-0.4, -0.2) is 39.7 Å². The van der Waals surface area contributed by atoms with Gasteiger partial charge in [0.15, 0.2) is 0 Å². The van der Waals surface area contributed by atoms with Gasteiger partial charge in [0, 0.05) is 12.3 Å². The summed E-state index contributed by atoms with van der Waals surface area (Å²) in [6, 6.07) is 0. The first-order chi connectivity index (χ1) is 14.6. The van der Waals surface area contributed by atoms with Gasteiger partial charge in [-0.2, -0.15) is 0 Å². The maximum atomic E-state index is 15.4. The number of aliphatic hydroxyl groups excluding tert-OH is 2. The third-order valence-electron chi connectivity index (χ3n) is 11.0. The number of carbonyl (C=O) groups is 1. The Morgan fingerprint density at radius 2 is 1.71 bits per heavy atom. The van der Waals surface area contributed by atoms with E-state index in [1.807, 2.05) is 0 Å². The van der Waals surface area contributed by atoms with E-state index in [1.165, 1.54) is 0 Å². The smallest absolute Gasteiger partial charge is 0.303 e. The van der Waals surface area contributed by atoms with Crippen LogP contribution in [0.15, 0.2) is 0 Å². The Labute approximate surface area is 187 Å². The Kier molecular flexibility index (Phi) is 6.26. The van der Waals surface area contributed by atoms with Crippen molar-refractivity contribution in [3.63, 3.8) is 0 Å². The minimum Gasteiger partial charge on any atom is -0.481 e. The molecule has 5 heteroatoms. The zero-order chi connectivity index (χ0) is 22.7. The van der Waals surface area contributed by atoms with E-state index in [-0.39, 0.29) is 35.0 Å². The molecule has 4 aliphatic carbocycles. The normalized spacial score (nSPS) is 52.7. The van der Waals surface area contributed by atoms with E-state index in [9.17, 15) is 15.0 Å². The number of fused-ring (bicyclic) bond motifs is 5. The highest BCUT2D eigenvalue weighted by molar-refractivity contribution is 5.66. The molecule has 4 fully saturated rings. The van der Waals surface area contributed by atoms with Crippen LogP contribution in [0.2, 0.25) is 0 Å². The average molecular weight is 439 g/mol. The minimum absolute atomic E-state index is 0.0953. The number of hydrogen-bond donors (Lipinski definition) is 3. The summed E-state index contributed by atoms with van der Waals surface area (Å²) in [5, 5.41) is 31.1. The van der Waals surface area contributed by atoms with E-state index >= 15 is 4.39 Å². The highest BCUT2D eigenvalue weighted by Crippen LogP contribution is 2.69. The van der Waals surface area contributed by atoms with Gasteiger partial charge in [-0.15, -0.1) is 0 Å². The Bertz CT molecular complexity index is 684. The molecule has 0 aromatic rings. The van der Waals surface area contributed by atoms with Crippen molar-refractivity contribution in [2.45, 2.75) is 104 Å². The molecule has 3 N–H and O–H groups in total. The predicted molar refractivity (Wildman–Crippen MR) is 118 cm³/mol. The SMILES string of the molecule is CC[C@H]1[C@@H](O)[C@@H]2[C@H](CC[C@]3(C)[C@@H]([C@H](C)CCC(=O)O)CC[C@@H]23)[C@@]2(C)CC[C@@H](O)[C@H](F)[C@@H]12. The molecular formula is C26H43FO4. The second-order valence-corrected chi connectivity index (χ2v) is 12.1. The van der Waals surface area contributed by atoms with Crippen LogP contribution in [0.5, 0.6) is 0 Å². The maximum Gasteiger partial charge on any atom is 0.303 e. The Morgan fingerprint density at radius 1 is 1.06 bits per heavy atom. The Morgan fingerprint density at radius 3 is 2.35 bits per heavy atom. The Balaban J connectivity index is 1.64. The third kappa shape index (κ3) is 3.48. The highest BCUT2D eigenvalue weighted by Gasteiger charge is 2.66. The van der Waals surface area contributed by atoms with Gasteiger partial charge in [0.1, 0.15) is 6.17 Å². The molecule has 12 atom stereocenters. The minimum atomic E-state index is -1.24. The standard InChI is InChI=1S/C26H43FO4/c1-5-15-22-23(27)19(28)11-13-26(22,4)18-10-12-25(3)16(14(2)6-9-20(29)30)7-8-17(25)21(18)24(15)31/h14-19,21-24,28,31H,5-13H2,1-4H3,(H,29,30)/t14-,15-,16-,17+,18+,19-,21+,22-,23+,24-,25-,26-/m1/s1. The van der Waals surface area contributed by atoms with E-state index in [4.69, 9.17) is 5.11 Å². The monoisotopic (exact) mass is 438 g/mol. The van der Waals surface area contributed by atoms with Crippen molar-refractivity contribution < 1.29 is 24.5 Å². The number of rotatable bonds is 5. The highest BCUT2D eigenvalue weighted by atomic mass is 19.1. The van der Waals surface area contributed by atoms with Crippen molar-refractivity contribution in [2.75, 3.05) is 0 Å². The van der Waals surface area contributed by atoms with Crippen molar-refractivity contribution in [1.29, 1.82) is 0 Å². The molecule has 0 saturated heterocycles. The third-order valence-corrected chi connectivity index (χ3v) is 11.0. The molecular weight excluding hydrogens is 395 g/mol. The van der Waals surface area contributed by atoms with Gasteiger partial charge in [-0.05, 0) is 91.3 Å². The molecule has 4 saturated carbocycles. The number of carboxylic acids is 1. The molecule has 0 unspecified atom stereocenters. The lowest BCUT2D eigenvalue weighted by atomic mass is 9.41. The molecule has 0 spiro atoms. The summed E-state index contributed by atoms with van der Waals surface area (Å²) in [6.07, 6.45) is 4.75. The molecule has 0 radical (unpaired) electrons. The molecule has 0 bridgehead atoms. The molecule has 4 aliphatic rings. The zero-order valence-electron chi connectivity index (χ0n) is 19.8. The van der Waals surface area contributed by atoms with Gasteiger partial charge in [-0.25, -0.2) is 4.39 Å². The number of hydrogen-bond acceptors (Lipinski definition) is 3. The molecule has 0 amide bonds. The second-order valence-electron chi connectivity index (χ2n) is 12.1. The summed E-state index contributed by atoms with van der Waals surface area (Å²) in [4.78, 5) is 11.1. The van der Waals surface area contributed by atoms with Gasteiger partial charge in [-0.1, -0.05) is 34.1 Å². The summed E-state index contributed by atoms with van der Waals surface area (Å²) >= 11 is 0. The largest absolute Gasteiger partial charge is 0.481 e. The van der Waals surface area contributed by atoms with Crippen molar-refractivity contribution in [3.05, 3.63) is 0 Å². The summed E-state index contributed by atoms with van der Waals surface area (Å²) < 4.78 is 15.4. The average Bonchev–Trinajstić information content (AvgIpc) is 3.08. The van der Waals surface area contributed by atoms with Gasteiger partial charge in [0.2, 0.25) is 0 Å². The quantitative estimate of drug-likeness (QED) is 0.560. The predicted octanol–water partition coefficient (Wildman–Crippen LogP) is 5.06. The number of carboxylic acid groups (broad SMARTS) is 1. The van der Waals surface area contributed by atoms with Crippen molar-refractivity contribution in [1.82, 2.24) is 0 Å². The van der Waals surface area contributed by atoms with Gasteiger partial charge in [0.25, 0.3) is 0 Å². The zero-order valence-corrected chi connectivity index (χ0v) is 19.8. The number of halogens is 1. The van der Waals surface area contributed by atoms with E-state index in [0.717, 1.165) is 44.9 Å². The first kappa shape index (κ1) is 23.5. The molecule has 0 aromatic heterocycles. The van der Waals surface area contributed by atoms with Crippen LogP contribution >= 0.6 is 0 Å². The summed E-state index contributed by atoms with van der Waals surface area (Å²) in [7, 11) is 0. The van der Waals surface area contributed by atoms with Gasteiger partial charge in [-0.3, -0.25) is 4.79 Å². The summed E-state index contributed by atoms with van der Waals surface area (Å²) in [5.41, 5.74) is -0.0254. The molecule has 178 valence electrons. The molecule has 31 heavy (non-hydrogen) atoms. The van der Waals surface area contributed by atoms with Crippen molar-refractivity contribution in [2.24, 2.45) is 52.3 Å². The maximum absolute atomic E-state index is 15.4. The van der Waals surface area contributed by atoms with Crippen molar-refractivity contribution in [3.8, 4) is 0 Å². The fraction of sp³-hybridized carbons (Fsp3) is 0.962. The van der Waals surface area contributed by atoms with Crippen molar-refractivity contribution >= 4 is 5.97 Å². The van der Waals surface area contributed by atoms with Crippen LogP contribution in [0, 0.1) is 52.3 Å². The first-order valence-corrected chi connectivity index (χ1v) is 12.8. The fourth-order valence-corrected chi connectivity index (χ4v) is 9.51. The van der Waals surface area contributed by atoms with E-state index in [0.29, 0.717) is 30.1 Å². The van der Waals surface area contributed by atoms with Crippen LogP contribution in [-0.2, 0) is 4.79 Å². The van der Waals surface area contributed by atoms with Crippen LogP contribution in [0.1, 0.15) is 85.5 Å². The molecule has 4 nitrogen and oxygen atoms in total. The van der Waals surface area contributed by atoms with Crippen LogP contribution in [0.25, 0.3) is 0 Å². The van der Waals surface area contributed by atoms with Gasteiger partial charge in [0.05, 0.1) is 12.2 Å². The lowest BCUT2D eigenvalue weighted by Crippen LogP contribution is -2.65. The molecule has 0 heterocycles. The lowest BCUT2D eigenvalue weighted by Gasteiger charge is -2.65. The molecule has 0 aromatic carbocycles. The number of aliphatic hydroxyl groups is 2. The number of alkyl halides is 1. The topological polar surface area (TPSA) is 77.8 Å². The second kappa shape index (κ2) is 8.27. The van der Waals surface area contributed by atoms with E-state index in [1.54, 1.807) is 0 Å². The molecule has 0 aliphatic heterocycles. The summed E-state index contributed by atoms with van der Waals surface area (Å²) in [5.74, 6) is 0.733. The van der Waals surface area contributed by atoms with Gasteiger partial charge < -0.3 is 15.3 Å². The molecule has 4 rings (SSSR count). The van der Waals surface area contributed by atoms with Crippen LogP contribution in [0.4, 0.5) is 4.39 Å². The van der Waals surface area contributed by atoms with Crippen LogP contribution in [0.3, 0.4) is 0 Å². The fourth-order valence-electron chi connectivity index (χ4n) is 9.51. The first-order valence-electron chi connectivity index (χ1n) is 12.8. The van der Waals surface area contributed by atoms with E-state index in [2.05, 4.69) is 27.7 Å². The summed E-state index contributed by atoms with van der Waals surface area (Å²) in [6.45, 7) is 8.93. The van der Waals surface area contributed by atoms with Crippen LogP contribution < -0.4 is 0 Å². The Hall–Kier alpha value is -0.680. The number of aliphatic carboxylic acids is 1. The van der Waals surface area contributed by atoms with E-state index < -0.39 is 24.3 Å². The van der Waals surface area contributed by atoms with Gasteiger partial charge >= 0.3 is 5.97 Å². The lowest BCUT2D eigenvalue weighted by molar-refractivity contribution is -0.222.